The second-order valence-corrected chi connectivity index (χ2v) is 8.74. The molecule has 166 valence electrons. The average Bonchev–Trinajstić information content (AvgIpc) is 3.14. The first kappa shape index (κ1) is 20.6. The summed E-state index contributed by atoms with van der Waals surface area (Å²) in [6.45, 7) is 3.17. The average molecular weight is 434 g/mol. The number of aromatic nitrogens is 1. The van der Waals surface area contributed by atoms with E-state index in [0.717, 1.165) is 43.6 Å². The lowest BCUT2D eigenvalue weighted by Crippen LogP contribution is -2.52. The Morgan fingerprint density at radius 3 is 2.69 bits per heavy atom. The first-order chi connectivity index (χ1) is 15.6. The van der Waals surface area contributed by atoms with E-state index in [2.05, 4.69) is 32.7 Å². The van der Waals surface area contributed by atoms with Crippen molar-refractivity contribution in [2.45, 2.75) is 50.9 Å². The van der Waals surface area contributed by atoms with E-state index in [9.17, 15) is 14.4 Å². The van der Waals surface area contributed by atoms with Crippen LogP contribution in [-0.4, -0.2) is 52.8 Å². The van der Waals surface area contributed by atoms with E-state index < -0.39 is 6.04 Å². The fourth-order valence-corrected chi connectivity index (χ4v) is 4.88. The molecule has 0 aliphatic carbocycles. The molecule has 5 rings (SSSR count). The molecule has 2 aromatic rings. The Labute approximate surface area is 187 Å². The minimum atomic E-state index is -0.570. The normalized spacial score (nSPS) is 21.6. The number of pyridine rings is 1. The lowest BCUT2D eigenvalue weighted by Gasteiger charge is -2.33. The third-order valence-electron chi connectivity index (χ3n) is 6.69. The highest BCUT2D eigenvalue weighted by molar-refractivity contribution is 6.05. The highest BCUT2D eigenvalue weighted by Gasteiger charge is 2.39. The van der Waals surface area contributed by atoms with Gasteiger partial charge in [0.25, 0.3) is 5.91 Å². The van der Waals surface area contributed by atoms with Gasteiger partial charge >= 0.3 is 0 Å². The minimum Gasteiger partial charge on any atom is -0.370 e. The Balaban J connectivity index is 1.16. The summed E-state index contributed by atoms with van der Waals surface area (Å²) in [6.07, 6.45) is 6.51. The molecule has 3 amide bonds. The molecular formula is C24H27N5O3. The van der Waals surface area contributed by atoms with E-state index in [0.29, 0.717) is 24.6 Å². The predicted molar refractivity (Wildman–Crippen MR) is 119 cm³/mol. The lowest BCUT2D eigenvalue weighted by atomic mass is 10.0. The van der Waals surface area contributed by atoms with Crippen molar-refractivity contribution in [3.8, 4) is 0 Å². The molecule has 1 unspecified atom stereocenters. The number of hydrogen-bond donors (Lipinski definition) is 2. The number of hydrogen-bond acceptors (Lipinski definition) is 6. The van der Waals surface area contributed by atoms with E-state index in [1.165, 1.54) is 5.69 Å². The van der Waals surface area contributed by atoms with Gasteiger partial charge < -0.3 is 15.1 Å². The summed E-state index contributed by atoms with van der Waals surface area (Å²) in [4.78, 5) is 44.6. The number of piperidine rings is 2. The lowest BCUT2D eigenvalue weighted by molar-refractivity contribution is -0.136. The fourth-order valence-electron chi connectivity index (χ4n) is 4.88. The van der Waals surface area contributed by atoms with Gasteiger partial charge in [-0.3, -0.25) is 24.7 Å². The van der Waals surface area contributed by atoms with Crippen LogP contribution in [0, 0.1) is 0 Å². The zero-order valence-corrected chi connectivity index (χ0v) is 17.9. The second kappa shape index (κ2) is 8.70. The minimum absolute atomic E-state index is 0.128. The number of rotatable bonds is 5. The Hall–Kier alpha value is -3.26. The van der Waals surface area contributed by atoms with Crippen molar-refractivity contribution in [1.82, 2.24) is 20.5 Å². The molecule has 3 aliphatic rings. The number of fused-ring (bicyclic) bond motifs is 1. The Bertz CT molecular complexity index is 1030. The van der Waals surface area contributed by atoms with Crippen molar-refractivity contribution in [3.05, 3.63) is 59.4 Å². The molecule has 8 nitrogen and oxygen atoms in total. The summed E-state index contributed by atoms with van der Waals surface area (Å²) in [5.74, 6) is -0.770. The number of amides is 3. The topological polar surface area (TPSA) is 94.6 Å². The summed E-state index contributed by atoms with van der Waals surface area (Å²) < 4.78 is 0. The molecule has 0 bridgehead atoms. The van der Waals surface area contributed by atoms with Gasteiger partial charge in [0, 0.05) is 50.4 Å². The second-order valence-electron chi connectivity index (χ2n) is 8.74. The highest BCUT2D eigenvalue weighted by atomic mass is 16.2. The molecule has 2 saturated heterocycles. The smallest absolute Gasteiger partial charge is 0.255 e. The van der Waals surface area contributed by atoms with Crippen LogP contribution in [0.25, 0.3) is 0 Å². The van der Waals surface area contributed by atoms with Crippen molar-refractivity contribution in [2.75, 3.05) is 18.0 Å². The molecule has 3 aliphatic heterocycles. The van der Waals surface area contributed by atoms with Crippen molar-refractivity contribution < 1.29 is 14.4 Å². The molecule has 2 fully saturated rings. The van der Waals surface area contributed by atoms with Crippen LogP contribution in [0.15, 0.2) is 42.7 Å². The van der Waals surface area contributed by atoms with Crippen LogP contribution in [0.1, 0.15) is 47.2 Å². The Kier molecular flexibility index (Phi) is 5.61. The number of carbonyl (C=O) groups is 3. The Morgan fingerprint density at radius 2 is 1.94 bits per heavy atom. The first-order valence-electron chi connectivity index (χ1n) is 11.2. The summed E-state index contributed by atoms with van der Waals surface area (Å²) in [7, 11) is 0. The molecule has 4 heterocycles. The number of imide groups is 1. The highest BCUT2D eigenvalue weighted by Crippen LogP contribution is 2.28. The molecule has 0 saturated carbocycles. The van der Waals surface area contributed by atoms with Gasteiger partial charge in [0.1, 0.15) is 6.04 Å². The summed E-state index contributed by atoms with van der Waals surface area (Å²) in [6, 6.07) is 9.88. The molecule has 1 atom stereocenters. The van der Waals surface area contributed by atoms with E-state index in [4.69, 9.17) is 0 Å². The van der Waals surface area contributed by atoms with Gasteiger partial charge in [0.05, 0.1) is 11.9 Å². The van der Waals surface area contributed by atoms with Crippen LogP contribution in [0.4, 0.5) is 5.69 Å². The van der Waals surface area contributed by atoms with Gasteiger partial charge in [-0.15, -0.1) is 0 Å². The standard InChI is InChI=1S/C24H27N5O3/c30-22-6-5-21(23(31)27-22)29-15-17-12-16(3-4-20(17)24(29)32)13-26-18-7-10-28(11-8-18)19-2-1-9-25-14-19/h1-4,9,12,14,18,21,26H,5-8,10-11,13,15H2,(H,27,30,31). The maximum atomic E-state index is 12.8. The number of benzene rings is 1. The molecule has 1 aromatic carbocycles. The molecule has 2 N–H and O–H groups in total. The van der Waals surface area contributed by atoms with Gasteiger partial charge in [-0.25, -0.2) is 0 Å². The van der Waals surface area contributed by atoms with Gasteiger partial charge in [0.2, 0.25) is 11.8 Å². The zero-order valence-electron chi connectivity index (χ0n) is 17.9. The zero-order chi connectivity index (χ0) is 22.1. The molecular weight excluding hydrogens is 406 g/mol. The van der Waals surface area contributed by atoms with Gasteiger partial charge in [-0.05, 0) is 48.6 Å². The molecule has 1 aromatic heterocycles. The van der Waals surface area contributed by atoms with Crippen LogP contribution in [-0.2, 0) is 22.7 Å². The quantitative estimate of drug-likeness (QED) is 0.696. The molecule has 0 spiro atoms. The maximum absolute atomic E-state index is 12.8. The van der Waals surface area contributed by atoms with E-state index in [1.54, 1.807) is 11.1 Å². The van der Waals surface area contributed by atoms with Crippen molar-refractivity contribution in [1.29, 1.82) is 0 Å². The number of carbonyl (C=O) groups excluding carboxylic acids is 3. The monoisotopic (exact) mass is 433 g/mol. The molecule has 32 heavy (non-hydrogen) atoms. The fraction of sp³-hybridized carbons (Fsp3) is 0.417. The van der Waals surface area contributed by atoms with Crippen molar-refractivity contribution >= 4 is 23.4 Å². The number of anilines is 1. The van der Waals surface area contributed by atoms with E-state index >= 15 is 0 Å². The van der Waals surface area contributed by atoms with Crippen LogP contribution in [0.5, 0.6) is 0 Å². The van der Waals surface area contributed by atoms with Crippen LogP contribution in [0.2, 0.25) is 0 Å². The summed E-state index contributed by atoms with van der Waals surface area (Å²) >= 11 is 0. The SMILES string of the molecule is O=C1CCC(N2Cc3cc(CNC4CCN(c5cccnc5)CC4)ccc3C2=O)C(=O)N1. The predicted octanol–water partition coefficient (Wildman–Crippen LogP) is 1.60. The van der Waals surface area contributed by atoms with E-state index in [1.807, 2.05) is 24.4 Å². The Morgan fingerprint density at radius 1 is 1.09 bits per heavy atom. The van der Waals surface area contributed by atoms with Crippen molar-refractivity contribution in [2.24, 2.45) is 0 Å². The largest absolute Gasteiger partial charge is 0.370 e. The molecule has 8 heteroatoms. The number of nitrogens with one attached hydrogen (secondary N) is 2. The number of nitrogens with zero attached hydrogens (tertiary/aromatic N) is 3. The summed E-state index contributed by atoms with van der Waals surface area (Å²) in [5, 5.41) is 6.00. The van der Waals surface area contributed by atoms with Crippen LogP contribution < -0.4 is 15.5 Å². The summed E-state index contributed by atoms with van der Waals surface area (Å²) in [5.41, 5.74) is 3.92. The van der Waals surface area contributed by atoms with Crippen molar-refractivity contribution in [3.63, 3.8) is 0 Å². The van der Waals surface area contributed by atoms with Crippen LogP contribution in [0.3, 0.4) is 0 Å². The van der Waals surface area contributed by atoms with Gasteiger partial charge in [0.15, 0.2) is 0 Å². The third kappa shape index (κ3) is 4.10. The van der Waals surface area contributed by atoms with E-state index in [-0.39, 0.29) is 24.1 Å². The van der Waals surface area contributed by atoms with Gasteiger partial charge in [-0.1, -0.05) is 12.1 Å². The maximum Gasteiger partial charge on any atom is 0.255 e. The van der Waals surface area contributed by atoms with Crippen LogP contribution >= 0.6 is 0 Å². The first-order valence-corrected chi connectivity index (χ1v) is 11.2. The third-order valence-corrected chi connectivity index (χ3v) is 6.69. The van der Waals surface area contributed by atoms with Gasteiger partial charge in [-0.2, -0.15) is 0 Å². The molecule has 0 radical (unpaired) electrons.